The van der Waals surface area contributed by atoms with Crippen LogP contribution in [0, 0.1) is 5.92 Å². The fourth-order valence-electron chi connectivity index (χ4n) is 4.47. The van der Waals surface area contributed by atoms with Gasteiger partial charge in [0.15, 0.2) is 0 Å². The molecule has 7 heteroatoms. The van der Waals surface area contributed by atoms with Gasteiger partial charge in [0.2, 0.25) is 0 Å². The fourth-order valence-corrected chi connectivity index (χ4v) is 4.47. The molecule has 1 saturated heterocycles. The first-order chi connectivity index (χ1) is 14.2. The first-order valence-corrected chi connectivity index (χ1v) is 11.1. The molecule has 1 aliphatic carbocycles. The maximum absolute atomic E-state index is 12.6. The quantitative estimate of drug-likeness (QED) is 0.706. The van der Waals surface area contributed by atoms with Gasteiger partial charge in [0.25, 0.3) is 0 Å². The van der Waals surface area contributed by atoms with E-state index in [4.69, 9.17) is 19.2 Å². The van der Waals surface area contributed by atoms with Crippen molar-refractivity contribution in [2.24, 2.45) is 5.92 Å². The van der Waals surface area contributed by atoms with Gasteiger partial charge in [-0.3, -0.25) is 0 Å². The minimum Gasteiger partial charge on any atom is -0.444 e. The van der Waals surface area contributed by atoms with E-state index in [2.05, 4.69) is 17.9 Å². The van der Waals surface area contributed by atoms with E-state index in [-0.39, 0.29) is 18.2 Å². The number of ether oxygens (including phenoxy) is 3. The highest BCUT2D eigenvalue weighted by atomic mass is 16.6. The van der Waals surface area contributed by atoms with Gasteiger partial charge < -0.3 is 24.0 Å². The van der Waals surface area contributed by atoms with Crippen LogP contribution in [0.5, 0.6) is 0 Å². The van der Waals surface area contributed by atoms with Crippen LogP contribution in [0.25, 0.3) is 0 Å². The van der Waals surface area contributed by atoms with Crippen molar-refractivity contribution in [2.45, 2.75) is 77.9 Å². The Morgan fingerprint density at radius 3 is 2.67 bits per heavy atom. The summed E-state index contributed by atoms with van der Waals surface area (Å²) in [6, 6.07) is 2.63. The smallest absolute Gasteiger partial charge is 0.410 e. The lowest BCUT2D eigenvalue weighted by atomic mass is 10.1. The highest BCUT2D eigenvalue weighted by Gasteiger charge is 2.42. The minimum atomic E-state index is -0.484. The largest absolute Gasteiger partial charge is 0.444 e. The minimum absolute atomic E-state index is 0.179. The second-order valence-electron chi connectivity index (χ2n) is 9.97. The lowest BCUT2D eigenvalue weighted by molar-refractivity contribution is 0.0191. The van der Waals surface area contributed by atoms with E-state index in [9.17, 15) is 4.79 Å². The predicted molar refractivity (Wildman–Crippen MR) is 115 cm³/mol. The number of hydrogen-bond donors (Lipinski definition) is 0. The molecule has 0 spiro atoms. The van der Waals surface area contributed by atoms with Gasteiger partial charge in [-0.15, -0.1) is 0 Å². The van der Waals surface area contributed by atoms with Crippen molar-refractivity contribution in [2.75, 3.05) is 31.7 Å². The number of pyridine rings is 1. The van der Waals surface area contributed by atoms with Crippen LogP contribution < -0.4 is 4.90 Å². The van der Waals surface area contributed by atoms with Gasteiger partial charge >= 0.3 is 6.09 Å². The Kier molecular flexibility index (Phi) is 5.95. The Labute approximate surface area is 179 Å². The Bertz CT molecular complexity index is 787. The highest BCUT2D eigenvalue weighted by Crippen LogP contribution is 2.37. The second-order valence-corrected chi connectivity index (χ2v) is 9.97. The second kappa shape index (κ2) is 8.35. The normalized spacial score (nSPS) is 23.4. The molecule has 4 rings (SSSR count). The topological polar surface area (TPSA) is 64.1 Å². The van der Waals surface area contributed by atoms with Crippen LogP contribution in [0.4, 0.5) is 10.6 Å². The molecule has 30 heavy (non-hydrogen) atoms. The fraction of sp³-hybridized carbons (Fsp3) is 0.739. The molecule has 0 radical (unpaired) electrons. The SMILES string of the molecule is COCc1cc2c(nc1COCC1CC1)N1[C@H](C2)CN(C(=O)OC(C)(C)C)C[C@H]1C. The number of fused-ring (bicyclic) bond motifs is 3. The number of rotatable bonds is 6. The van der Waals surface area contributed by atoms with Crippen molar-refractivity contribution in [1.82, 2.24) is 9.88 Å². The maximum atomic E-state index is 12.6. The number of anilines is 1. The summed E-state index contributed by atoms with van der Waals surface area (Å²) in [4.78, 5) is 21.9. The molecule has 2 atom stereocenters. The molecule has 1 aromatic rings. The van der Waals surface area contributed by atoms with Crippen molar-refractivity contribution < 1.29 is 19.0 Å². The molecule has 3 aliphatic rings. The van der Waals surface area contributed by atoms with Gasteiger partial charge in [0, 0.05) is 38.4 Å². The standard InChI is InChI=1S/C23H35N3O4/c1-15-10-25(22(27)30-23(2,3)4)11-19-9-17-8-18(13-28-5)20(24-21(17)26(15)19)14-29-12-16-6-7-16/h8,15-16,19H,6-7,9-14H2,1-5H3/t15-,19-/m1/s1. The molecule has 0 bridgehead atoms. The van der Waals surface area contributed by atoms with Gasteiger partial charge in [-0.05, 0) is 64.5 Å². The third kappa shape index (κ3) is 4.72. The van der Waals surface area contributed by atoms with Crippen molar-refractivity contribution >= 4 is 11.9 Å². The van der Waals surface area contributed by atoms with Gasteiger partial charge in [-0.25, -0.2) is 9.78 Å². The Morgan fingerprint density at radius 1 is 1.23 bits per heavy atom. The first kappa shape index (κ1) is 21.4. The molecule has 166 valence electrons. The molecule has 1 amide bonds. The molecule has 2 aliphatic heterocycles. The number of aromatic nitrogens is 1. The molecule has 2 fully saturated rings. The Hall–Kier alpha value is -1.86. The van der Waals surface area contributed by atoms with Crippen LogP contribution in [0.3, 0.4) is 0 Å². The summed E-state index contributed by atoms with van der Waals surface area (Å²) < 4.78 is 17.0. The molecule has 0 unspecified atom stereocenters. The zero-order valence-electron chi connectivity index (χ0n) is 18.9. The third-order valence-electron chi connectivity index (χ3n) is 5.97. The molecule has 0 N–H and O–H groups in total. The summed E-state index contributed by atoms with van der Waals surface area (Å²) in [5.74, 6) is 1.77. The molecule has 0 aromatic carbocycles. The molecule has 3 heterocycles. The van der Waals surface area contributed by atoms with Gasteiger partial charge in [-0.1, -0.05) is 0 Å². The number of methoxy groups -OCH3 is 1. The van der Waals surface area contributed by atoms with E-state index in [1.807, 2.05) is 25.7 Å². The monoisotopic (exact) mass is 417 g/mol. The van der Waals surface area contributed by atoms with Crippen LogP contribution in [-0.2, 0) is 33.8 Å². The maximum Gasteiger partial charge on any atom is 0.410 e. The number of nitrogens with zero attached hydrogens (tertiary/aromatic N) is 3. The number of carbonyl (C=O) groups excluding carboxylic acids is 1. The van der Waals surface area contributed by atoms with Crippen molar-refractivity contribution in [1.29, 1.82) is 0 Å². The van der Waals surface area contributed by atoms with Gasteiger partial charge in [-0.2, -0.15) is 0 Å². The van der Waals surface area contributed by atoms with Crippen LogP contribution in [-0.4, -0.2) is 60.5 Å². The Morgan fingerprint density at radius 2 is 2.00 bits per heavy atom. The van der Waals surface area contributed by atoms with E-state index in [0.717, 1.165) is 36.0 Å². The first-order valence-electron chi connectivity index (χ1n) is 11.1. The number of amides is 1. The molecule has 7 nitrogen and oxygen atoms in total. The van der Waals surface area contributed by atoms with Crippen LogP contribution in [0.2, 0.25) is 0 Å². The van der Waals surface area contributed by atoms with Gasteiger partial charge in [0.05, 0.1) is 24.9 Å². The van der Waals surface area contributed by atoms with E-state index in [1.165, 1.54) is 18.4 Å². The van der Waals surface area contributed by atoms with E-state index in [0.29, 0.717) is 26.3 Å². The van der Waals surface area contributed by atoms with Crippen molar-refractivity contribution in [3.8, 4) is 0 Å². The van der Waals surface area contributed by atoms with Crippen LogP contribution >= 0.6 is 0 Å². The molecule has 1 aromatic heterocycles. The molecular formula is C23H35N3O4. The summed E-state index contributed by atoms with van der Waals surface area (Å²) in [7, 11) is 1.71. The van der Waals surface area contributed by atoms with Crippen LogP contribution in [0.15, 0.2) is 6.07 Å². The van der Waals surface area contributed by atoms with Crippen molar-refractivity contribution in [3.63, 3.8) is 0 Å². The third-order valence-corrected chi connectivity index (χ3v) is 5.97. The van der Waals surface area contributed by atoms with Gasteiger partial charge in [0.1, 0.15) is 11.4 Å². The zero-order valence-corrected chi connectivity index (χ0v) is 18.9. The average Bonchev–Trinajstić information content (AvgIpc) is 3.40. The number of carbonyl (C=O) groups is 1. The predicted octanol–water partition coefficient (Wildman–Crippen LogP) is 3.52. The molecular weight excluding hydrogens is 382 g/mol. The average molecular weight is 418 g/mol. The van der Waals surface area contributed by atoms with E-state index < -0.39 is 5.60 Å². The zero-order chi connectivity index (χ0) is 21.5. The summed E-state index contributed by atoms with van der Waals surface area (Å²) in [5.41, 5.74) is 2.82. The van der Waals surface area contributed by atoms with E-state index >= 15 is 0 Å². The highest BCUT2D eigenvalue weighted by molar-refractivity contribution is 5.69. The lowest BCUT2D eigenvalue weighted by Gasteiger charge is -2.43. The summed E-state index contributed by atoms with van der Waals surface area (Å²) in [6.07, 6.45) is 3.21. The summed E-state index contributed by atoms with van der Waals surface area (Å²) in [6.45, 7) is 11.1. The Balaban J connectivity index is 1.51. The summed E-state index contributed by atoms with van der Waals surface area (Å²) >= 11 is 0. The van der Waals surface area contributed by atoms with Crippen molar-refractivity contribution in [3.05, 3.63) is 22.9 Å². The van der Waals surface area contributed by atoms with E-state index in [1.54, 1.807) is 7.11 Å². The number of piperazine rings is 1. The lowest BCUT2D eigenvalue weighted by Crippen LogP contribution is -2.58. The summed E-state index contributed by atoms with van der Waals surface area (Å²) in [5, 5.41) is 0. The van der Waals surface area contributed by atoms with Crippen LogP contribution in [0.1, 0.15) is 57.4 Å². The number of hydrogen-bond acceptors (Lipinski definition) is 6. The molecule has 1 saturated carbocycles.